The number of benzene rings is 2. The van der Waals surface area contributed by atoms with Crippen molar-refractivity contribution in [1.82, 2.24) is 4.57 Å². The molecule has 0 amide bonds. The van der Waals surface area contributed by atoms with E-state index in [1.165, 1.54) is 18.2 Å². The normalized spacial score (nSPS) is 10.7. The van der Waals surface area contributed by atoms with Crippen LogP contribution in [-0.2, 0) is 13.2 Å². The number of hydrogen-bond acceptors (Lipinski definition) is 2. The van der Waals surface area contributed by atoms with E-state index in [1.807, 2.05) is 35.0 Å². The highest BCUT2D eigenvalue weighted by Crippen LogP contribution is 2.22. The van der Waals surface area contributed by atoms with Gasteiger partial charge in [-0.25, -0.2) is 4.39 Å². The van der Waals surface area contributed by atoms with Gasteiger partial charge in [0, 0.05) is 23.6 Å². The summed E-state index contributed by atoms with van der Waals surface area (Å²) in [5.41, 5.74) is 2.92. The lowest BCUT2D eigenvalue weighted by Crippen LogP contribution is -2.01. The molecule has 4 heteroatoms. The van der Waals surface area contributed by atoms with E-state index in [1.54, 1.807) is 0 Å². The molecule has 0 bridgehead atoms. The van der Waals surface area contributed by atoms with Crippen LogP contribution in [0.1, 0.15) is 16.7 Å². The van der Waals surface area contributed by atoms with Gasteiger partial charge in [0.15, 0.2) is 0 Å². The van der Waals surface area contributed by atoms with Gasteiger partial charge < -0.3 is 9.67 Å². The molecule has 0 spiro atoms. The Morgan fingerprint density at radius 1 is 1.14 bits per heavy atom. The summed E-state index contributed by atoms with van der Waals surface area (Å²) < 4.78 is 15.3. The summed E-state index contributed by atoms with van der Waals surface area (Å²) in [6.07, 6.45) is 1.88. The van der Waals surface area contributed by atoms with E-state index < -0.39 is 0 Å². The number of rotatable bonds is 3. The van der Waals surface area contributed by atoms with Gasteiger partial charge in [0.05, 0.1) is 18.2 Å². The Balaban J connectivity index is 2.07. The Labute approximate surface area is 121 Å². The molecule has 0 saturated heterocycles. The molecule has 21 heavy (non-hydrogen) atoms. The monoisotopic (exact) mass is 280 g/mol. The van der Waals surface area contributed by atoms with Crippen molar-refractivity contribution in [1.29, 1.82) is 5.26 Å². The third-order valence-electron chi connectivity index (χ3n) is 3.60. The van der Waals surface area contributed by atoms with Crippen LogP contribution < -0.4 is 0 Å². The summed E-state index contributed by atoms with van der Waals surface area (Å²) in [7, 11) is 0. The highest BCUT2D eigenvalue weighted by atomic mass is 19.1. The fourth-order valence-corrected chi connectivity index (χ4v) is 2.55. The van der Waals surface area contributed by atoms with Crippen molar-refractivity contribution in [3.05, 3.63) is 71.2 Å². The first-order valence-electron chi connectivity index (χ1n) is 6.59. The van der Waals surface area contributed by atoms with Crippen molar-refractivity contribution < 1.29 is 9.50 Å². The van der Waals surface area contributed by atoms with E-state index in [-0.39, 0.29) is 12.4 Å². The minimum Gasteiger partial charge on any atom is -0.392 e. The number of halogens is 1. The number of nitrogens with zero attached hydrogens (tertiary/aromatic N) is 2. The third-order valence-corrected chi connectivity index (χ3v) is 3.60. The first-order chi connectivity index (χ1) is 10.2. The summed E-state index contributed by atoms with van der Waals surface area (Å²) >= 11 is 0. The van der Waals surface area contributed by atoms with Crippen LogP contribution in [0.3, 0.4) is 0 Å². The van der Waals surface area contributed by atoms with Crippen molar-refractivity contribution in [2.45, 2.75) is 13.2 Å². The minimum absolute atomic E-state index is 0.0231. The Kier molecular flexibility index (Phi) is 3.43. The molecular weight excluding hydrogens is 267 g/mol. The number of aliphatic hydroxyl groups excluding tert-OH is 1. The molecule has 3 rings (SSSR count). The standard InChI is InChI=1S/C17H13FN2O/c18-15-5-4-12(9-19)14(8-15)10-20-7-6-16-13(11-21)2-1-3-17(16)20/h1-8,21H,10-11H2. The average molecular weight is 280 g/mol. The first-order valence-corrected chi connectivity index (χ1v) is 6.59. The predicted molar refractivity (Wildman–Crippen MR) is 78.1 cm³/mol. The topological polar surface area (TPSA) is 49.0 Å². The number of hydrogen-bond donors (Lipinski definition) is 1. The summed E-state index contributed by atoms with van der Waals surface area (Å²) in [6, 6.07) is 13.9. The van der Waals surface area contributed by atoms with Crippen molar-refractivity contribution >= 4 is 10.9 Å². The van der Waals surface area contributed by atoms with Gasteiger partial charge in [-0.05, 0) is 41.5 Å². The molecule has 0 radical (unpaired) electrons. The van der Waals surface area contributed by atoms with Gasteiger partial charge in [-0.1, -0.05) is 12.1 Å². The van der Waals surface area contributed by atoms with Crippen LogP contribution >= 0.6 is 0 Å². The second-order valence-electron chi connectivity index (χ2n) is 4.86. The third kappa shape index (κ3) is 2.39. The van der Waals surface area contributed by atoms with Crippen LogP contribution in [0.25, 0.3) is 10.9 Å². The van der Waals surface area contributed by atoms with Gasteiger partial charge in [-0.3, -0.25) is 0 Å². The highest BCUT2D eigenvalue weighted by Gasteiger charge is 2.08. The second kappa shape index (κ2) is 5.39. The maximum atomic E-state index is 13.4. The molecule has 0 aliphatic heterocycles. The Morgan fingerprint density at radius 3 is 2.76 bits per heavy atom. The molecule has 3 nitrogen and oxygen atoms in total. The van der Waals surface area contributed by atoms with Crippen LogP contribution in [-0.4, -0.2) is 9.67 Å². The zero-order valence-electron chi connectivity index (χ0n) is 11.3. The molecule has 1 heterocycles. The van der Waals surface area contributed by atoms with Gasteiger partial charge in [0.1, 0.15) is 5.82 Å². The van der Waals surface area contributed by atoms with E-state index in [0.29, 0.717) is 17.7 Å². The smallest absolute Gasteiger partial charge is 0.123 e. The van der Waals surface area contributed by atoms with Crippen molar-refractivity contribution in [3.63, 3.8) is 0 Å². The summed E-state index contributed by atoms with van der Waals surface area (Å²) in [4.78, 5) is 0. The van der Waals surface area contributed by atoms with E-state index in [2.05, 4.69) is 6.07 Å². The number of nitriles is 1. The van der Waals surface area contributed by atoms with E-state index in [9.17, 15) is 9.50 Å². The van der Waals surface area contributed by atoms with Crippen LogP contribution in [0.4, 0.5) is 4.39 Å². The van der Waals surface area contributed by atoms with Crippen LogP contribution in [0.15, 0.2) is 48.7 Å². The lowest BCUT2D eigenvalue weighted by molar-refractivity contribution is 0.283. The molecule has 104 valence electrons. The second-order valence-corrected chi connectivity index (χ2v) is 4.86. The van der Waals surface area contributed by atoms with Crippen molar-refractivity contribution in [2.75, 3.05) is 0 Å². The minimum atomic E-state index is -0.350. The Hall–Kier alpha value is -2.64. The molecule has 2 aromatic carbocycles. The van der Waals surface area contributed by atoms with Crippen molar-refractivity contribution in [2.24, 2.45) is 0 Å². The van der Waals surface area contributed by atoms with E-state index in [4.69, 9.17) is 5.26 Å². The molecule has 1 N–H and O–H groups in total. The van der Waals surface area contributed by atoms with Gasteiger partial charge in [0.25, 0.3) is 0 Å². The lowest BCUT2D eigenvalue weighted by Gasteiger charge is -2.08. The van der Waals surface area contributed by atoms with Gasteiger partial charge in [-0.2, -0.15) is 5.26 Å². The molecule has 0 atom stereocenters. The first kappa shape index (κ1) is 13.3. The van der Waals surface area contributed by atoms with E-state index >= 15 is 0 Å². The molecule has 0 fully saturated rings. The van der Waals surface area contributed by atoms with Crippen LogP contribution in [0.2, 0.25) is 0 Å². The molecule has 1 aromatic heterocycles. The number of fused-ring (bicyclic) bond motifs is 1. The summed E-state index contributed by atoms with van der Waals surface area (Å²) in [5.74, 6) is -0.350. The van der Waals surface area contributed by atoms with Gasteiger partial charge >= 0.3 is 0 Å². The number of aliphatic hydroxyl groups is 1. The van der Waals surface area contributed by atoms with Crippen LogP contribution in [0, 0.1) is 17.1 Å². The fourth-order valence-electron chi connectivity index (χ4n) is 2.55. The molecule has 0 aliphatic carbocycles. The largest absolute Gasteiger partial charge is 0.392 e. The Bertz CT molecular complexity index is 846. The molecular formula is C17H13FN2O. The zero-order valence-corrected chi connectivity index (χ0v) is 11.3. The fraction of sp³-hybridized carbons (Fsp3) is 0.118. The lowest BCUT2D eigenvalue weighted by atomic mass is 10.1. The molecule has 3 aromatic rings. The zero-order chi connectivity index (χ0) is 14.8. The Morgan fingerprint density at radius 2 is 2.00 bits per heavy atom. The van der Waals surface area contributed by atoms with Gasteiger partial charge in [0.2, 0.25) is 0 Å². The van der Waals surface area contributed by atoms with Crippen molar-refractivity contribution in [3.8, 4) is 6.07 Å². The van der Waals surface area contributed by atoms with E-state index in [0.717, 1.165) is 16.5 Å². The predicted octanol–water partition coefficient (Wildman–Crippen LogP) is 3.19. The quantitative estimate of drug-likeness (QED) is 0.801. The molecule has 0 unspecified atom stereocenters. The average Bonchev–Trinajstić information content (AvgIpc) is 2.91. The summed E-state index contributed by atoms with van der Waals surface area (Å²) in [5, 5.41) is 19.4. The maximum Gasteiger partial charge on any atom is 0.123 e. The highest BCUT2D eigenvalue weighted by molar-refractivity contribution is 5.83. The molecule has 0 aliphatic rings. The number of aromatic nitrogens is 1. The summed E-state index contributed by atoms with van der Waals surface area (Å²) in [6.45, 7) is 0.393. The van der Waals surface area contributed by atoms with Gasteiger partial charge in [-0.15, -0.1) is 0 Å². The van der Waals surface area contributed by atoms with Crippen LogP contribution in [0.5, 0.6) is 0 Å². The molecule has 0 saturated carbocycles. The maximum absolute atomic E-state index is 13.4. The SMILES string of the molecule is N#Cc1ccc(F)cc1Cn1ccc2c(CO)cccc21.